The summed E-state index contributed by atoms with van der Waals surface area (Å²) in [5.74, 6) is 6.46. The molecule has 7 nitrogen and oxygen atoms in total. The predicted molar refractivity (Wildman–Crippen MR) is 165 cm³/mol. The Labute approximate surface area is 254 Å². The Bertz CT molecular complexity index is 1490. The van der Waals surface area contributed by atoms with Crippen LogP contribution in [0.15, 0.2) is 47.4 Å². The molecule has 1 aromatic heterocycles. The number of rotatable bonds is 9. The van der Waals surface area contributed by atoms with Crippen LogP contribution in [-0.4, -0.2) is 73.4 Å². The Morgan fingerprint density at radius 3 is 2.58 bits per heavy atom. The van der Waals surface area contributed by atoms with Gasteiger partial charge in [-0.25, -0.2) is 0 Å². The highest BCUT2D eigenvalue weighted by Gasteiger charge is 2.31. The topological polar surface area (TPSA) is 74.5 Å². The van der Waals surface area contributed by atoms with Crippen LogP contribution in [0.2, 0.25) is 0 Å². The van der Waals surface area contributed by atoms with Crippen molar-refractivity contribution in [2.75, 3.05) is 56.3 Å². The van der Waals surface area contributed by atoms with Crippen molar-refractivity contribution in [2.24, 2.45) is 0 Å². The number of anilines is 2. The van der Waals surface area contributed by atoms with Crippen LogP contribution in [0, 0.1) is 23.2 Å². The molecule has 228 valence electrons. The number of aromatic nitrogens is 1. The smallest absolute Gasteiger partial charge is 0.406 e. The average Bonchev–Trinajstić information content (AvgIpc) is 3.35. The second kappa shape index (κ2) is 14.3. The van der Waals surface area contributed by atoms with Crippen LogP contribution in [0.1, 0.15) is 31.4 Å². The normalized spacial score (nSPS) is 19.3. The van der Waals surface area contributed by atoms with Gasteiger partial charge in [-0.1, -0.05) is 12.0 Å². The maximum absolute atomic E-state index is 13.7. The molecule has 0 bridgehead atoms. The van der Waals surface area contributed by atoms with E-state index in [9.17, 15) is 13.2 Å². The van der Waals surface area contributed by atoms with Crippen LogP contribution in [0.3, 0.4) is 0 Å². The third kappa shape index (κ3) is 8.11. The van der Waals surface area contributed by atoms with Crippen molar-refractivity contribution in [3.8, 4) is 23.7 Å². The molecular formula is C32H36F3N5O2S. The lowest BCUT2D eigenvalue weighted by Gasteiger charge is -2.39. The number of hydrogen-bond acceptors (Lipinski definition) is 7. The van der Waals surface area contributed by atoms with Gasteiger partial charge in [0.05, 0.1) is 36.7 Å². The molecule has 1 saturated carbocycles. The molecule has 2 aliphatic rings. The van der Waals surface area contributed by atoms with Crippen LogP contribution in [0.25, 0.3) is 10.9 Å². The lowest BCUT2D eigenvalue weighted by Crippen LogP contribution is -2.46. The van der Waals surface area contributed by atoms with E-state index in [1.54, 1.807) is 30.0 Å². The van der Waals surface area contributed by atoms with E-state index in [0.717, 1.165) is 68.0 Å². The molecule has 2 aromatic carbocycles. The van der Waals surface area contributed by atoms with Crippen LogP contribution in [0.4, 0.5) is 24.5 Å². The molecular weight excluding hydrogens is 575 g/mol. The number of nitrogens with one attached hydrogen (secondary N) is 2. The molecule has 2 fully saturated rings. The van der Waals surface area contributed by atoms with E-state index in [4.69, 9.17) is 14.7 Å². The van der Waals surface area contributed by atoms with Crippen molar-refractivity contribution in [3.05, 3.63) is 48.2 Å². The number of hydrogen-bond donors (Lipinski definition) is 2. The van der Waals surface area contributed by atoms with Crippen molar-refractivity contribution >= 4 is 34.0 Å². The summed E-state index contributed by atoms with van der Waals surface area (Å²) in [7, 11) is 0. The van der Waals surface area contributed by atoms with Gasteiger partial charge in [-0.2, -0.15) is 18.4 Å². The predicted octanol–water partition coefficient (Wildman–Crippen LogP) is 6.35. The molecule has 43 heavy (non-hydrogen) atoms. The summed E-state index contributed by atoms with van der Waals surface area (Å²) in [4.78, 5) is 3.51. The lowest BCUT2D eigenvalue weighted by atomic mass is 9.89. The minimum absolute atomic E-state index is 0.0958. The fourth-order valence-corrected chi connectivity index (χ4v) is 6.32. The van der Waals surface area contributed by atoms with E-state index in [1.165, 1.54) is 4.57 Å². The second-order valence-electron chi connectivity index (χ2n) is 10.7. The van der Waals surface area contributed by atoms with Crippen molar-refractivity contribution in [2.45, 2.75) is 55.4 Å². The van der Waals surface area contributed by atoms with Gasteiger partial charge in [0.2, 0.25) is 0 Å². The first-order valence-corrected chi connectivity index (χ1v) is 15.7. The molecule has 0 spiro atoms. The number of morpholine rings is 1. The maximum Gasteiger partial charge on any atom is 0.406 e. The van der Waals surface area contributed by atoms with E-state index in [1.807, 2.05) is 36.6 Å². The number of nitrogens with zero attached hydrogens (tertiary/aromatic N) is 3. The van der Waals surface area contributed by atoms with Crippen molar-refractivity contribution < 1.29 is 22.6 Å². The Balaban J connectivity index is 1.32. The van der Waals surface area contributed by atoms with Gasteiger partial charge in [0.15, 0.2) is 6.61 Å². The number of fused-ring (bicyclic) bond motifs is 1. The number of alkyl halides is 3. The molecule has 0 atom stereocenters. The Morgan fingerprint density at radius 1 is 1.07 bits per heavy atom. The largest absolute Gasteiger partial charge is 0.477 e. The van der Waals surface area contributed by atoms with Gasteiger partial charge in [-0.05, 0) is 74.3 Å². The van der Waals surface area contributed by atoms with Gasteiger partial charge in [0.25, 0.3) is 0 Å². The standard InChI is InChI=1S/C32H36F3N5O2S/c1-43-26-11-12-29(31(21-26)42-17-13-36)37-14-3-4-25-20-27-28(5-2-6-30(27)40(25)22-32(33,34)35)38-23-7-9-24(10-8-23)39-15-18-41-19-16-39/h2,5-6,11-12,20-21,23-24,37-38H,7-10,14-19,22H2,1H3. The molecule has 2 heterocycles. The monoisotopic (exact) mass is 611 g/mol. The molecule has 2 N–H and O–H groups in total. The molecule has 0 amide bonds. The second-order valence-corrected chi connectivity index (χ2v) is 11.6. The quantitative estimate of drug-likeness (QED) is 0.216. The lowest BCUT2D eigenvalue weighted by molar-refractivity contribution is -0.140. The molecule has 3 aromatic rings. The van der Waals surface area contributed by atoms with Gasteiger partial charge in [0.1, 0.15) is 18.4 Å². The molecule has 1 saturated heterocycles. The fourth-order valence-electron chi connectivity index (χ4n) is 5.89. The summed E-state index contributed by atoms with van der Waals surface area (Å²) in [6, 6.07) is 15.6. The third-order valence-corrected chi connectivity index (χ3v) is 8.69. The minimum atomic E-state index is -4.39. The Morgan fingerprint density at radius 2 is 1.86 bits per heavy atom. The summed E-state index contributed by atoms with van der Waals surface area (Å²) in [6.07, 6.45) is 1.76. The van der Waals surface area contributed by atoms with Crippen molar-refractivity contribution in [1.29, 1.82) is 5.26 Å². The number of thioether (sulfide) groups is 1. The van der Waals surface area contributed by atoms with Gasteiger partial charge < -0.3 is 24.7 Å². The molecule has 0 unspecified atom stereocenters. The SMILES string of the molecule is CSc1ccc(NCC#Cc2cc3c(NC4CCC(N5CCOCC5)CC4)cccc3n2CC(F)(F)F)c(OCC#N)c1. The molecule has 11 heteroatoms. The highest BCUT2D eigenvalue weighted by atomic mass is 32.2. The first-order valence-electron chi connectivity index (χ1n) is 14.5. The zero-order chi connectivity index (χ0) is 30.2. The van der Waals surface area contributed by atoms with Crippen molar-refractivity contribution in [3.63, 3.8) is 0 Å². The number of benzene rings is 2. The van der Waals surface area contributed by atoms with Gasteiger partial charge >= 0.3 is 6.18 Å². The number of nitriles is 1. The van der Waals surface area contributed by atoms with E-state index in [0.29, 0.717) is 28.7 Å². The van der Waals surface area contributed by atoms with Crippen LogP contribution >= 0.6 is 11.8 Å². The zero-order valence-corrected chi connectivity index (χ0v) is 25.0. The van der Waals surface area contributed by atoms with E-state index < -0.39 is 12.7 Å². The van der Waals surface area contributed by atoms with E-state index in [2.05, 4.69) is 27.4 Å². The molecule has 1 aliphatic heterocycles. The summed E-state index contributed by atoms with van der Waals surface area (Å²) < 4.78 is 53.3. The zero-order valence-electron chi connectivity index (χ0n) is 24.2. The first kappa shape index (κ1) is 30.9. The third-order valence-electron chi connectivity index (χ3n) is 7.97. The average molecular weight is 612 g/mol. The first-order chi connectivity index (χ1) is 20.8. The van der Waals surface area contributed by atoms with Gasteiger partial charge in [-0.3, -0.25) is 4.90 Å². The summed E-state index contributed by atoms with van der Waals surface area (Å²) in [5, 5.41) is 16.4. The highest BCUT2D eigenvalue weighted by molar-refractivity contribution is 7.98. The molecule has 0 radical (unpaired) electrons. The maximum atomic E-state index is 13.7. The van der Waals surface area contributed by atoms with Crippen LogP contribution in [0.5, 0.6) is 5.75 Å². The van der Waals surface area contributed by atoms with Crippen molar-refractivity contribution in [1.82, 2.24) is 9.47 Å². The number of ether oxygens (including phenoxy) is 2. The minimum Gasteiger partial charge on any atom is -0.477 e. The number of halogens is 3. The van der Waals surface area contributed by atoms with E-state index >= 15 is 0 Å². The highest BCUT2D eigenvalue weighted by Crippen LogP contribution is 2.33. The molecule has 1 aliphatic carbocycles. The fraction of sp³-hybridized carbons (Fsp3) is 0.469. The Kier molecular flexibility index (Phi) is 10.3. The van der Waals surface area contributed by atoms with E-state index in [-0.39, 0.29) is 19.2 Å². The van der Waals surface area contributed by atoms with Gasteiger partial charge in [0, 0.05) is 41.1 Å². The Hall–Kier alpha value is -3.51. The van der Waals surface area contributed by atoms with Gasteiger partial charge in [-0.15, -0.1) is 11.8 Å². The summed E-state index contributed by atoms with van der Waals surface area (Å²) in [6.45, 7) is 2.51. The summed E-state index contributed by atoms with van der Waals surface area (Å²) in [5.41, 5.74) is 2.30. The summed E-state index contributed by atoms with van der Waals surface area (Å²) >= 11 is 1.55. The molecule has 5 rings (SSSR count). The van der Waals surface area contributed by atoms with Crippen LogP contribution in [-0.2, 0) is 11.3 Å². The van der Waals surface area contributed by atoms with Crippen LogP contribution < -0.4 is 15.4 Å².